The third kappa shape index (κ3) is 3.13. The lowest BCUT2D eigenvalue weighted by Gasteiger charge is -2.04. The highest BCUT2D eigenvalue weighted by Gasteiger charge is 2.13. The monoisotopic (exact) mass is 140 g/mol. The fourth-order valence-electron chi connectivity index (χ4n) is 0.804. The highest BCUT2D eigenvalue weighted by molar-refractivity contribution is 5.70. The predicted molar refractivity (Wildman–Crippen MR) is 39.5 cm³/mol. The maximum absolute atomic E-state index is 10.4. The molecule has 1 N–H and O–H groups in total. The predicted octanol–water partition coefficient (Wildman–Crippen LogP) is 1.51. The molecule has 0 radical (unpaired) electrons. The minimum Gasteiger partial charge on any atom is -0.481 e. The van der Waals surface area contributed by atoms with Crippen molar-refractivity contribution in [3.8, 4) is 12.3 Å². The van der Waals surface area contributed by atoms with Gasteiger partial charge in [-0.3, -0.25) is 4.79 Å². The molecule has 1 atom stereocenters. The van der Waals surface area contributed by atoms with Crippen LogP contribution in [0.15, 0.2) is 0 Å². The summed E-state index contributed by atoms with van der Waals surface area (Å²) >= 11 is 0. The van der Waals surface area contributed by atoms with Crippen LogP contribution in [0.1, 0.15) is 26.2 Å². The van der Waals surface area contributed by atoms with Crippen molar-refractivity contribution in [1.82, 2.24) is 0 Å². The van der Waals surface area contributed by atoms with Crippen molar-refractivity contribution in [1.29, 1.82) is 0 Å². The van der Waals surface area contributed by atoms with E-state index in [2.05, 4.69) is 5.92 Å². The van der Waals surface area contributed by atoms with Crippen LogP contribution in [0.2, 0.25) is 0 Å². The van der Waals surface area contributed by atoms with Gasteiger partial charge in [-0.15, -0.1) is 12.3 Å². The van der Waals surface area contributed by atoms with Crippen molar-refractivity contribution in [2.75, 3.05) is 0 Å². The Bertz CT molecular complexity index is 144. The van der Waals surface area contributed by atoms with Crippen LogP contribution in [0, 0.1) is 18.3 Å². The van der Waals surface area contributed by atoms with E-state index >= 15 is 0 Å². The Hall–Kier alpha value is -0.970. The van der Waals surface area contributed by atoms with E-state index in [4.69, 9.17) is 11.5 Å². The number of aliphatic carboxylic acids is 1. The lowest BCUT2D eigenvalue weighted by atomic mass is 10.0. The van der Waals surface area contributed by atoms with Crippen molar-refractivity contribution < 1.29 is 9.90 Å². The topological polar surface area (TPSA) is 37.3 Å². The molecule has 0 amide bonds. The van der Waals surface area contributed by atoms with E-state index in [9.17, 15) is 4.79 Å². The van der Waals surface area contributed by atoms with Gasteiger partial charge in [0.1, 0.15) is 0 Å². The molecule has 10 heavy (non-hydrogen) atoms. The molecule has 0 aliphatic carbocycles. The minimum absolute atomic E-state index is 0.338. The maximum atomic E-state index is 10.4. The zero-order valence-electron chi connectivity index (χ0n) is 6.13. The molecular weight excluding hydrogens is 128 g/mol. The third-order valence-electron chi connectivity index (χ3n) is 1.35. The molecule has 0 bridgehead atoms. The lowest BCUT2D eigenvalue weighted by molar-refractivity contribution is -0.141. The Morgan fingerprint density at radius 2 is 2.40 bits per heavy atom. The summed E-state index contributed by atoms with van der Waals surface area (Å²) in [6.45, 7) is 1.95. The molecule has 2 nitrogen and oxygen atoms in total. The standard InChI is InChI=1S/C8H12O2/c1-3-5-7(6-4-2)8(9)10/h1,7H,4-6H2,2H3,(H,9,10). The quantitative estimate of drug-likeness (QED) is 0.601. The highest BCUT2D eigenvalue weighted by Crippen LogP contribution is 2.09. The van der Waals surface area contributed by atoms with Crippen molar-refractivity contribution in [3.63, 3.8) is 0 Å². The molecule has 0 heterocycles. The molecule has 56 valence electrons. The molecule has 0 rings (SSSR count). The Morgan fingerprint density at radius 3 is 2.70 bits per heavy atom. The summed E-state index contributed by atoms with van der Waals surface area (Å²) in [5.41, 5.74) is 0. The van der Waals surface area contributed by atoms with Gasteiger partial charge in [0.05, 0.1) is 5.92 Å². The van der Waals surface area contributed by atoms with Gasteiger partial charge in [0.15, 0.2) is 0 Å². The molecule has 0 spiro atoms. The Labute approximate surface area is 61.2 Å². The van der Waals surface area contributed by atoms with Gasteiger partial charge in [0, 0.05) is 6.42 Å². The first-order valence-electron chi connectivity index (χ1n) is 3.38. The summed E-state index contributed by atoms with van der Waals surface area (Å²) in [6, 6.07) is 0. The van der Waals surface area contributed by atoms with Crippen molar-refractivity contribution in [3.05, 3.63) is 0 Å². The molecule has 1 unspecified atom stereocenters. The van der Waals surface area contributed by atoms with Crippen LogP contribution in [0.4, 0.5) is 0 Å². The van der Waals surface area contributed by atoms with Crippen LogP contribution in [0.3, 0.4) is 0 Å². The van der Waals surface area contributed by atoms with E-state index in [0.717, 1.165) is 6.42 Å². The van der Waals surface area contributed by atoms with Gasteiger partial charge in [-0.1, -0.05) is 13.3 Å². The smallest absolute Gasteiger partial charge is 0.307 e. The molecule has 0 aromatic carbocycles. The van der Waals surface area contributed by atoms with Crippen molar-refractivity contribution in [2.45, 2.75) is 26.2 Å². The summed E-state index contributed by atoms with van der Waals surface area (Å²) in [7, 11) is 0. The number of rotatable bonds is 4. The van der Waals surface area contributed by atoms with Gasteiger partial charge in [0.2, 0.25) is 0 Å². The number of carboxylic acids is 1. The molecular formula is C8H12O2. The van der Waals surface area contributed by atoms with Gasteiger partial charge >= 0.3 is 5.97 Å². The van der Waals surface area contributed by atoms with Gasteiger partial charge < -0.3 is 5.11 Å². The van der Waals surface area contributed by atoms with Crippen LogP contribution < -0.4 is 0 Å². The minimum atomic E-state index is -0.778. The number of hydrogen-bond donors (Lipinski definition) is 1. The van der Waals surface area contributed by atoms with Gasteiger partial charge in [-0.25, -0.2) is 0 Å². The molecule has 0 aliphatic rings. The van der Waals surface area contributed by atoms with Crippen LogP contribution in [-0.4, -0.2) is 11.1 Å². The van der Waals surface area contributed by atoms with Gasteiger partial charge in [-0.05, 0) is 6.42 Å². The van der Waals surface area contributed by atoms with Crippen LogP contribution >= 0.6 is 0 Å². The Kier molecular flexibility index (Phi) is 4.39. The molecule has 0 aromatic heterocycles. The molecule has 2 heteroatoms. The normalized spacial score (nSPS) is 12.0. The molecule has 0 aliphatic heterocycles. The number of terminal acetylenes is 1. The molecule has 0 saturated carbocycles. The first-order valence-corrected chi connectivity index (χ1v) is 3.38. The summed E-state index contributed by atoms with van der Waals surface area (Å²) < 4.78 is 0. The summed E-state index contributed by atoms with van der Waals surface area (Å²) in [6.07, 6.45) is 6.89. The maximum Gasteiger partial charge on any atom is 0.307 e. The summed E-state index contributed by atoms with van der Waals surface area (Å²) in [5, 5.41) is 8.54. The van der Waals surface area contributed by atoms with E-state index in [-0.39, 0.29) is 5.92 Å². The third-order valence-corrected chi connectivity index (χ3v) is 1.35. The number of carbonyl (C=O) groups is 1. The van der Waals surface area contributed by atoms with E-state index in [0.29, 0.717) is 12.8 Å². The van der Waals surface area contributed by atoms with Gasteiger partial charge in [0.25, 0.3) is 0 Å². The van der Waals surface area contributed by atoms with Crippen molar-refractivity contribution >= 4 is 5.97 Å². The first kappa shape index (κ1) is 9.03. The zero-order chi connectivity index (χ0) is 7.98. The molecule has 0 fully saturated rings. The second-order valence-corrected chi connectivity index (χ2v) is 2.23. The summed E-state index contributed by atoms with van der Waals surface area (Å²) in [4.78, 5) is 10.4. The van der Waals surface area contributed by atoms with Crippen molar-refractivity contribution in [2.24, 2.45) is 5.92 Å². The fraction of sp³-hybridized carbons (Fsp3) is 0.625. The van der Waals surface area contributed by atoms with E-state index in [1.807, 2.05) is 6.92 Å². The zero-order valence-corrected chi connectivity index (χ0v) is 6.13. The van der Waals surface area contributed by atoms with E-state index in [1.165, 1.54) is 0 Å². The van der Waals surface area contributed by atoms with Gasteiger partial charge in [-0.2, -0.15) is 0 Å². The average Bonchev–Trinajstić information content (AvgIpc) is 1.87. The second-order valence-electron chi connectivity index (χ2n) is 2.23. The Morgan fingerprint density at radius 1 is 1.80 bits per heavy atom. The lowest BCUT2D eigenvalue weighted by Crippen LogP contribution is -2.12. The van der Waals surface area contributed by atoms with E-state index in [1.54, 1.807) is 0 Å². The fourth-order valence-corrected chi connectivity index (χ4v) is 0.804. The average molecular weight is 140 g/mol. The van der Waals surface area contributed by atoms with Crippen LogP contribution in [0.25, 0.3) is 0 Å². The van der Waals surface area contributed by atoms with Crippen LogP contribution in [-0.2, 0) is 4.79 Å². The summed E-state index contributed by atoms with van der Waals surface area (Å²) in [5.74, 6) is 1.24. The largest absolute Gasteiger partial charge is 0.481 e. The SMILES string of the molecule is C#CCC(CCC)C(=O)O. The van der Waals surface area contributed by atoms with E-state index < -0.39 is 5.97 Å². The van der Waals surface area contributed by atoms with Crippen LogP contribution in [0.5, 0.6) is 0 Å². The number of hydrogen-bond acceptors (Lipinski definition) is 1. The molecule has 0 saturated heterocycles. The molecule has 0 aromatic rings. The number of carboxylic acid groups (broad SMARTS) is 1. The first-order chi connectivity index (χ1) is 4.72. The highest BCUT2D eigenvalue weighted by atomic mass is 16.4. The second kappa shape index (κ2) is 4.87. The Balaban J connectivity index is 3.75.